The van der Waals surface area contributed by atoms with Gasteiger partial charge in [0.05, 0.1) is 6.54 Å². The standard InChI is InChI=1S/C19H22N6.HI/c1-20-19(21-13-18-24-23-17-8-4-5-11-25(17)18)22-16-10-9-14-6-2-3-7-15(14)12-16;/h2-8,11,16H,9-10,12-13H2,1H3,(H2,20,21,22);1H. The molecule has 26 heavy (non-hydrogen) atoms. The van der Waals surface area contributed by atoms with Gasteiger partial charge in [-0.2, -0.15) is 0 Å². The number of nitrogens with zero attached hydrogens (tertiary/aromatic N) is 4. The highest BCUT2D eigenvalue weighted by atomic mass is 127. The van der Waals surface area contributed by atoms with Gasteiger partial charge in [-0.15, -0.1) is 34.2 Å². The van der Waals surface area contributed by atoms with E-state index in [0.29, 0.717) is 12.6 Å². The van der Waals surface area contributed by atoms with E-state index in [4.69, 9.17) is 0 Å². The van der Waals surface area contributed by atoms with Gasteiger partial charge >= 0.3 is 0 Å². The number of aromatic nitrogens is 3. The Hall–Kier alpha value is -2.16. The smallest absolute Gasteiger partial charge is 0.191 e. The van der Waals surface area contributed by atoms with Crippen molar-refractivity contribution in [2.24, 2.45) is 4.99 Å². The van der Waals surface area contributed by atoms with Crippen molar-refractivity contribution in [3.05, 3.63) is 65.6 Å². The highest BCUT2D eigenvalue weighted by Crippen LogP contribution is 2.20. The molecule has 3 aromatic rings. The number of aliphatic imine (C=N–C) groups is 1. The van der Waals surface area contributed by atoms with Gasteiger partial charge in [0.1, 0.15) is 0 Å². The van der Waals surface area contributed by atoms with Gasteiger partial charge in [-0.05, 0) is 42.5 Å². The molecule has 2 heterocycles. The second-order valence-electron chi connectivity index (χ2n) is 6.32. The minimum absolute atomic E-state index is 0. The van der Waals surface area contributed by atoms with E-state index in [2.05, 4.69) is 50.1 Å². The molecule has 0 aliphatic heterocycles. The molecule has 1 atom stereocenters. The molecule has 1 aromatic carbocycles. The highest BCUT2D eigenvalue weighted by Gasteiger charge is 2.19. The fourth-order valence-electron chi connectivity index (χ4n) is 3.38. The molecule has 2 aromatic heterocycles. The van der Waals surface area contributed by atoms with Crippen LogP contribution in [0.3, 0.4) is 0 Å². The van der Waals surface area contributed by atoms with E-state index in [1.165, 1.54) is 11.1 Å². The number of hydrogen-bond donors (Lipinski definition) is 2. The van der Waals surface area contributed by atoms with Crippen molar-refractivity contribution in [1.29, 1.82) is 0 Å². The minimum atomic E-state index is 0. The molecule has 1 unspecified atom stereocenters. The second kappa shape index (κ2) is 8.48. The fourth-order valence-corrected chi connectivity index (χ4v) is 3.38. The van der Waals surface area contributed by atoms with E-state index >= 15 is 0 Å². The topological polar surface area (TPSA) is 66.6 Å². The van der Waals surface area contributed by atoms with E-state index in [-0.39, 0.29) is 24.0 Å². The summed E-state index contributed by atoms with van der Waals surface area (Å²) in [7, 11) is 1.80. The van der Waals surface area contributed by atoms with Crippen molar-refractivity contribution in [3.8, 4) is 0 Å². The summed E-state index contributed by atoms with van der Waals surface area (Å²) in [6.07, 6.45) is 5.23. The van der Waals surface area contributed by atoms with Gasteiger partial charge in [0.2, 0.25) is 0 Å². The molecule has 0 amide bonds. The second-order valence-corrected chi connectivity index (χ2v) is 6.32. The van der Waals surface area contributed by atoms with Gasteiger partial charge in [-0.3, -0.25) is 9.39 Å². The van der Waals surface area contributed by atoms with Crippen LogP contribution in [0.4, 0.5) is 0 Å². The summed E-state index contributed by atoms with van der Waals surface area (Å²) in [6, 6.07) is 15.0. The Morgan fingerprint density at radius 1 is 1.15 bits per heavy atom. The van der Waals surface area contributed by atoms with Crippen LogP contribution >= 0.6 is 24.0 Å². The van der Waals surface area contributed by atoms with E-state index in [9.17, 15) is 0 Å². The summed E-state index contributed by atoms with van der Waals surface area (Å²) < 4.78 is 1.98. The number of halogens is 1. The van der Waals surface area contributed by atoms with Crippen molar-refractivity contribution >= 4 is 35.6 Å². The largest absolute Gasteiger partial charge is 0.353 e. The van der Waals surface area contributed by atoms with E-state index < -0.39 is 0 Å². The molecule has 2 N–H and O–H groups in total. The van der Waals surface area contributed by atoms with Crippen molar-refractivity contribution in [3.63, 3.8) is 0 Å². The van der Waals surface area contributed by atoms with Crippen LogP contribution in [0.5, 0.6) is 0 Å². The number of guanidine groups is 1. The molecule has 0 bridgehead atoms. The maximum atomic E-state index is 4.35. The lowest BCUT2D eigenvalue weighted by Gasteiger charge is -2.27. The van der Waals surface area contributed by atoms with Crippen LogP contribution in [0.2, 0.25) is 0 Å². The Balaban J connectivity index is 0.00000196. The maximum absolute atomic E-state index is 4.35. The molecule has 4 rings (SSSR count). The van der Waals surface area contributed by atoms with Crippen LogP contribution in [0.1, 0.15) is 23.4 Å². The monoisotopic (exact) mass is 462 g/mol. The number of hydrogen-bond acceptors (Lipinski definition) is 3. The first-order valence-corrected chi connectivity index (χ1v) is 8.66. The van der Waals surface area contributed by atoms with Crippen molar-refractivity contribution < 1.29 is 0 Å². The van der Waals surface area contributed by atoms with Crippen molar-refractivity contribution in [2.75, 3.05) is 7.05 Å². The summed E-state index contributed by atoms with van der Waals surface area (Å²) >= 11 is 0. The maximum Gasteiger partial charge on any atom is 0.191 e. The van der Waals surface area contributed by atoms with Crippen molar-refractivity contribution in [2.45, 2.75) is 31.8 Å². The van der Waals surface area contributed by atoms with Gasteiger partial charge in [0, 0.05) is 19.3 Å². The number of fused-ring (bicyclic) bond motifs is 2. The van der Waals surface area contributed by atoms with E-state index in [1.807, 2.05) is 28.8 Å². The molecular weight excluding hydrogens is 439 g/mol. The van der Waals surface area contributed by atoms with Crippen LogP contribution in [-0.2, 0) is 19.4 Å². The Morgan fingerprint density at radius 2 is 1.96 bits per heavy atom. The predicted octanol–water partition coefficient (Wildman–Crippen LogP) is 2.57. The van der Waals surface area contributed by atoms with Gasteiger partial charge in [-0.1, -0.05) is 30.3 Å². The predicted molar refractivity (Wildman–Crippen MR) is 114 cm³/mol. The highest BCUT2D eigenvalue weighted by molar-refractivity contribution is 14.0. The SMILES string of the molecule is CN=C(NCc1nnc2ccccn12)NC1CCc2ccccc2C1.I. The summed E-state index contributed by atoms with van der Waals surface area (Å²) in [6.45, 7) is 0.578. The van der Waals surface area contributed by atoms with E-state index in [1.54, 1.807) is 7.05 Å². The van der Waals surface area contributed by atoms with E-state index in [0.717, 1.165) is 36.7 Å². The van der Waals surface area contributed by atoms with Gasteiger partial charge in [-0.25, -0.2) is 0 Å². The Labute approximate surface area is 170 Å². The molecule has 0 spiro atoms. The third-order valence-corrected chi connectivity index (χ3v) is 4.71. The average molecular weight is 462 g/mol. The van der Waals surface area contributed by atoms with Crippen LogP contribution in [0.15, 0.2) is 53.7 Å². The molecule has 0 fully saturated rings. The molecule has 6 nitrogen and oxygen atoms in total. The lowest BCUT2D eigenvalue weighted by molar-refractivity contribution is 0.520. The van der Waals surface area contributed by atoms with Gasteiger partial charge < -0.3 is 10.6 Å². The van der Waals surface area contributed by atoms with Crippen LogP contribution < -0.4 is 10.6 Å². The Bertz CT molecular complexity index is 904. The molecule has 0 saturated carbocycles. The first kappa shape index (κ1) is 18.6. The molecule has 1 aliphatic carbocycles. The third-order valence-electron chi connectivity index (χ3n) is 4.71. The molecule has 1 aliphatic rings. The number of rotatable bonds is 3. The normalized spacial score (nSPS) is 16.7. The Morgan fingerprint density at radius 3 is 2.81 bits per heavy atom. The summed E-state index contributed by atoms with van der Waals surface area (Å²) in [5, 5.41) is 15.3. The lowest BCUT2D eigenvalue weighted by atomic mass is 9.88. The number of pyridine rings is 1. The average Bonchev–Trinajstić information content (AvgIpc) is 3.08. The quantitative estimate of drug-likeness (QED) is 0.357. The summed E-state index contributed by atoms with van der Waals surface area (Å²) in [5.74, 6) is 1.67. The molecular formula is C19H23IN6. The molecule has 0 saturated heterocycles. The zero-order chi connectivity index (χ0) is 17.1. The van der Waals surface area contributed by atoms with Gasteiger partial charge in [0.25, 0.3) is 0 Å². The summed E-state index contributed by atoms with van der Waals surface area (Å²) in [4.78, 5) is 4.35. The third kappa shape index (κ3) is 3.98. The van der Waals surface area contributed by atoms with Crippen molar-refractivity contribution in [1.82, 2.24) is 25.2 Å². The van der Waals surface area contributed by atoms with Crippen LogP contribution in [-0.4, -0.2) is 33.6 Å². The molecule has 136 valence electrons. The first-order valence-electron chi connectivity index (χ1n) is 8.66. The zero-order valence-electron chi connectivity index (χ0n) is 14.7. The molecule has 7 heteroatoms. The number of aryl methyl sites for hydroxylation is 1. The fraction of sp³-hybridized carbons (Fsp3) is 0.316. The van der Waals surface area contributed by atoms with Crippen LogP contribution in [0, 0.1) is 0 Å². The first-order chi connectivity index (χ1) is 12.3. The number of benzene rings is 1. The minimum Gasteiger partial charge on any atom is -0.353 e. The lowest BCUT2D eigenvalue weighted by Crippen LogP contribution is -2.45. The Kier molecular flexibility index (Phi) is 6.08. The zero-order valence-corrected chi connectivity index (χ0v) is 17.1. The number of nitrogens with one attached hydrogen (secondary N) is 2. The van der Waals surface area contributed by atoms with Gasteiger partial charge in [0.15, 0.2) is 17.4 Å². The molecule has 0 radical (unpaired) electrons. The van der Waals surface area contributed by atoms with Crippen LogP contribution in [0.25, 0.3) is 5.65 Å². The summed E-state index contributed by atoms with van der Waals surface area (Å²) in [5.41, 5.74) is 3.76.